The van der Waals surface area contributed by atoms with Crippen molar-refractivity contribution in [2.75, 3.05) is 7.11 Å². The lowest BCUT2D eigenvalue weighted by Gasteiger charge is -2.08. The second-order valence-electron chi connectivity index (χ2n) is 5.92. The number of methoxy groups -OCH3 is 1. The Morgan fingerprint density at radius 1 is 1.10 bits per heavy atom. The first-order chi connectivity index (χ1) is 14.1. The van der Waals surface area contributed by atoms with Crippen molar-refractivity contribution in [3.8, 4) is 11.5 Å². The van der Waals surface area contributed by atoms with Gasteiger partial charge in [-0.1, -0.05) is 31.2 Å². The van der Waals surface area contributed by atoms with Crippen molar-refractivity contribution in [2.45, 2.75) is 25.2 Å². The van der Waals surface area contributed by atoms with Crippen LogP contribution in [0.4, 0.5) is 0 Å². The zero-order valence-corrected chi connectivity index (χ0v) is 16.8. The third-order valence-corrected chi connectivity index (χ3v) is 4.74. The highest BCUT2D eigenvalue weighted by molar-refractivity contribution is 8.03. The van der Waals surface area contributed by atoms with Crippen LogP contribution in [0.25, 0.3) is 6.08 Å². The molecule has 0 unspecified atom stereocenters. The third kappa shape index (κ3) is 5.86. The number of benzene rings is 2. The van der Waals surface area contributed by atoms with Crippen LogP contribution in [0.2, 0.25) is 0 Å². The molecular formula is C21H19N2O5S-. The van der Waals surface area contributed by atoms with E-state index in [9.17, 15) is 9.90 Å². The number of carbonyl (C=O) groups excluding carboxylic acids is 1. The molecule has 3 aromatic rings. The number of aromatic nitrogens is 2. The Morgan fingerprint density at radius 3 is 2.38 bits per heavy atom. The van der Waals surface area contributed by atoms with Crippen molar-refractivity contribution >= 4 is 23.8 Å². The smallest absolute Gasteiger partial charge is 0.281 e. The molecule has 0 N–H and O–H groups in total. The lowest BCUT2D eigenvalue weighted by atomic mass is 10.2. The molecule has 0 aliphatic heterocycles. The number of nitrogens with zero attached hydrogens (tertiary/aromatic N) is 2. The molecule has 0 atom stereocenters. The van der Waals surface area contributed by atoms with E-state index in [-0.39, 0.29) is 10.1 Å². The number of carboxylic acid groups (broad SMARTS) is 1. The van der Waals surface area contributed by atoms with Crippen LogP contribution in [0.3, 0.4) is 0 Å². The summed E-state index contributed by atoms with van der Waals surface area (Å²) in [5.41, 5.74) is 1.69. The van der Waals surface area contributed by atoms with Gasteiger partial charge in [0.25, 0.3) is 5.22 Å². The van der Waals surface area contributed by atoms with Crippen molar-refractivity contribution in [3.63, 3.8) is 0 Å². The maximum Gasteiger partial charge on any atom is 0.281 e. The van der Waals surface area contributed by atoms with E-state index in [1.54, 1.807) is 31.4 Å². The Hall–Kier alpha value is -3.26. The first-order valence-corrected chi connectivity index (χ1v) is 9.68. The fourth-order valence-electron chi connectivity index (χ4n) is 2.35. The Labute approximate surface area is 172 Å². The van der Waals surface area contributed by atoms with Gasteiger partial charge < -0.3 is 23.8 Å². The minimum atomic E-state index is -1.31. The fraction of sp³-hybridized carbons (Fsp3) is 0.190. The van der Waals surface area contributed by atoms with Crippen LogP contribution in [0.5, 0.6) is 11.5 Å². The SMILES string of the molecule is CCc1nnc(S/C(=C\c2ccc(OCc3ccc(OC)cc3)cc2)C(=O)[O-])o1. The van der Waals surface area contributed by atoms with Gasteiger partial charge in [-0.3, -0.25) is 0 Å². The number of carbonyl (C=O) groups is 1. The van der Waals surface area contributed by atoms with Crippen LogP contribution < -0.4 is 14.6 Å². The number of thioether (sulfide) groups is 1. The van der Waals surface area contributed by atoms with Gasteiger partial charge in [-0.2, -0.15) is 0 Å². The summed E-state index contributed by atoms with van der Waals surface area (Å²) in [6.45, 7) is 2.28. The molecule has 0 aliphatic carbocycles. The lowest BCUT2D eigenvalue weighted by Crippen LogP contribution is -2.23. The Balaban J connectivity index is 1.64. The van der Waals surface area contributed by atoms with Gasteiger partial charge >= 0.3 is 0 Å². The summed E-state index contributed by atoms with van der Waals surface area (Å²) in [6.07, 6.45) is 2.07. The van der Waals surface area contributed by atoms with Crippen LogP contribution in [0.1, 0.15) is 23.9 Å². The molecule has 8 heteroatoms. The van der Waals surface area contributed by atoms with Gasteiger partial charge in [-0.15, -0.1) is 10.2 Å². The van der Waals surface area contributed by atoms with E-state index in [1.807, 2.05) is 31.2 Å². The van der Waals surface area contributed by atoms with E-state index in [0.717, 1.165) is 23.1 Å². The second-order valence-corrected chi connectivity index (χ2v) is 6.91. The van der Waals surface area contributed by atoms with E-state index in [2.05, 4.69) is 10.2 Å². The number of carboxylic acids is 1. The normalized spacial score (nSPS) is 11.3. The first kappa shape index (κ1) is 20.5. The van der Waals surface area contributed by atoms with Crippen molar-refractivity contribution in [1.82, 2.24) is 10.2 Å². The molecule has 29 heavy (non-hydrogen) atoms. The minimum Gasteiger partial charge on any atom is -0.544 e. The Bertz CT molecular complexity index is 981. The third-order valence-electron chi connectivity index (χ3n) is 3.89. The molecular weight excluding hydrogens is 392 g/mol. The van der Waals surface area contributed by atoms with E-state index in [4.69, 9.17) is 13.9 Å². The molecule has 7 nitrogen and oxygen atoms in total. The highest BCUT2D eigenvalue weighted by Gasteiger charge is 2.10. The molecule has 0 amide bonds. The molecule has 0 fully saturated rings. The predicted octanol–water partition coefficient (Wildman–Crippen LogP) is 3.10. The zero-order chi connectivity index (χ0) is 20.6. The molecule has 0 aliphatic rings. The van der Waals surface area contributed by atoms with Crippen LogP contribution >= 0.6 is 11.8 Å². The van der Waals surface area contributed by atoms with Crippen LogP contribution in [-0.4, -0.2) is 23.3 Å². The topological polar surface area (TPSA) is 97.5 Å². The van der Waals surface area contributed by atoms with Gasteiger partial charge in [0.15, 0.2) is 0 Å². The van der Waals surface area contributed by atoms with Crippen molar-refractivity contribution in [1.29, 1.82) is 0 Å². The molecule has 3 rings (SSSR count). The molecule has 1 aromatic heterocycles. The average Bonchev–Trinajstić information content (AvgIpc) is 3.21. The summed E-state index contributed by atoms with van der Waals surface area (Å²) < 4.78 is 16.2. The van der Waals surface area contributed by atoms with E-state index >= 15 is 0 Å². The molecule has 0 saturated carbocycles. The van der Waals surface area contributed by atoms with E-state index in [1.165, 1.54) is 6.08 Å². The number of rotatable bonds is 9. The fourth-order valence-corrected chi connectivity index (χ4v) is 3.03. The van der Waals surface area contributed by atoms with Crippen molar-refractivity contribution in [3.05, 3.63) is 70.5 Å². The summed E-state index contributed by atoms with van der Waals surface area (Å²) >= 11 is 0.860. The summed E-state index contributed by atoms with van der Waals surface area (Å²) in [5, 5.41) is 19.2. The number of hydrogen-bond acceptors (Lipinski definition) is 8. The maximum atomic E-state index is 11.4. The summed E-state index contributed by atoms with van der Waals surface area (Å²) in [7, 11) is 1.62. The summed E-state index contributed by atoms with van der Waals surface area (Å²) in [5.74, 6) is 0.595. The molecule has 0 bridgehead atoms. The molecule has 1 heterocycles. The van der Waals surface area contributed by atoms with Gasteiger partial charge in [0.2, 0.25) is 5.89 Å². The zero-order valence-electron chi connectivity index (χ0n) is 16.0. The van der Waals surface area contributed by atoms with Crippen molar-refractivity contribution in [2.24, 2.45) is 0 Å². The predicted molar refractivity (Wildman–Crippen MR) is 106 cm³/mol. The van der Waals surface area contributed by atoms with Crippen molar-refractivity contribution < 1.29 is 23.8 Å². The van der Waals surface area contributed by atoms with Crippen LogP contribution in [-0.2, 0) is 17.8 Å². The summed E-state index contributed by atoms with van der Waals surface area (Å²) in [6, 6.07) is 14.7. The first-order valence-electron chi connectivity index (χ1n) is 8.86. The Kier molecular flexibility index (Phi) is 6.91. The maximum absolute atomic E-state index is 11.4. The number of aliphatic carboxylic acids is 1. The van der Waals surface area contributed by atoms with Crippen LogP contribution in [0, 0.1) is 0 Å². The number of aryl methyl sites for hydroxylation is 1. The molecule has 150 valence electrons. The van der Waals surface area contributed by atoms with Gasteiger partial charge in [0.05, 0.1) is 13.1 Å². The van der Waals surface area contributed by atoms with Gasteiger partial charge in [-0.25, -0.2) is 0 Å². The van der Waals surface area contributed by atoms with Gasteiger partial charge in [0, 0.05) is 11.3 Å². The largest absolute Gasteiger partial charge is 0.544 e. The highest BCUT2D eigenvalue weighted by Crippen LogP contribution is 2.27. The standard InChI is InChI=1S/C21H20N2O5S/c1-3-19-22-23-21(28-19)29-18(20(24)25)12-14-4-10-17(11-5-14)27-13-15-6-8-16(26-2)9-7-15/h4-12H,3,13H2,1-2H3,(H,24,25)/p-1/b18-12-. The molecule has 0 spiro atoms. The van der Waals surface area contributed by atoms with E-state index < -0.39 is 5.97 Å². The highest BCUT2D eigenvalue weighted by atomic mass is 32.2. The monoisotopic (exact) mass is 411 g/mol. The van der Waals surface area contributed by atoms with Gasteiger partial charge in [-0.05, 0) is 53.2 Å². The number of ether oxygens (including phenoxy) is 2. The molecule has 2 aromatic carbocycles. The van der Waals surface area contributed by atoms with Gasteiger partial charge in [0.1, 0.15) is 18.1 Å². The molecule has 0 saturated heterocycles. The van der Waals surface area contributed by atoms with E-state index in [0.29, 0.717) is 30.2 Å². The Morgan fingerprint density at radius 2 is 1.79 bits per heavy atom. The lowest BCUT2D eigenvalue weighted by molar-refractivity contribution is -0.298. The second kappa shape index (κ2) is 9.79. The minimum absolute atomic E-state index is 0.0248. The number of hydrogen-bond donors (Lipinski definition) is 0. The average molecular weight is 411 g/mol. The summed E-state index contributed by atoms with van der Waals surface area (Å²) in [4.78, 5) is 11.4. The molecule has 0 radical (unpaired) electrons. The van der Waals surface area contributed by atoms with Crippen LogP contribution in [0.15, 0.2) is 63.1 Å². The quantitative estimate of drug-likeness (QED) is 0.391.